The van der Waals surface area contributed by atoms with Crippen LogP contribution >= 0.6 is 0 Å². The summed E-state index contributed by atoms with van der Waals surface area (Å²) in [6, 6.07) is 9.81. The fourth-order valence-corrected chi connectivity index (χ4v) is 1.69. The van der Waals surface area contributed by atoms with E-state index in [-0.39, 0.29) is 11.6 Å². The number of unbranched alkanes of at least 4 members (excludes halogenated alkanes) is 1. The van der Waals surface area contributed by atoms with Crippen molar-refractivity contribution >= 4 is 0 Å². The normalized spacial score (nSPS) is 9.89. The highest BCUT2D eigenvalue weighted by Crippen LogP contribution is 2.21. The lowest BCUT2D eigenvalue weighted by Gasteiger charge is -2.06. The molecule has 0 spiro atoms. The maximum atomic E-state index is 8.91. The van der Waals surface area contributed by atoms with Crippen LogP contribution in [-0.2, 0) is 6.42 Å². The highest BCUT2D eigenvalue weighted by molar-refractivity contribution is 5.36. The van der Waals surface area contributed by atoms with E-state index in [1.165, 1.54) is 30.8 Å². The van der Waals surface area contributed by atoms with Crippen LogP contribution in [0.2, 0.25) is 0 Å². The topological polar surface area (TPSA) is 58.8 Å². The monoisotopic (exact) mass is 253 g/mol. The lowest BCUT2D eigenvalue weighted by atomic mass is 10.1. The highest BCUT2D eigenvalue weighted by Gasteiger charge is 2.06. The Hall–Kier alpha value is -2.41. The number of nitrogens with zero attached hydrogens (tertiary/aromatic N) is 3. The second kappa shape index (κ2) is 6.50. The fourth-order valence-electron chi connectivity index (χ4n) is 1.69. The van der Waals surface area contributed by atoms with E-state index in [2.05, 4.69) is 16.9 Å². The lowest BCUT2D eigenvalue weighted by molar-refractivity contribution is 0.458. The van der Waals surface area contributed by atoms with Crippen molar-refractivity contribution in [3.05, 3.63) is 47.9 Å². The number of hydrogen-bond donors (Lipinski definition) is 0. The Bertz CT molecular complexity index is 573. The molecular weight excluding hydrogens is 238 g/mol. The SMILES string of the molecule is CCCCc1ccc(Oc2nccnc2C#N)cc1. The average Bonchev–Trinajstić information content (AvgIpc) is 2.47. The van der Waals surface area contributed by atoms with Crippen molar-refractivity contribution < 1.29 is 4.74 Å². The molecule has 0 aliphatic heterocycles. The van der Waals surface area contributed by atoms with Gasteiger partial charge in [-0.25, -0.2) is 9.97 Å². The molecular formula is C15H15N3O. The number of aryl methyl sites for hydroxylation is 1. The Morgan fingerprint density at radius 2 is 1.89 bits per heavy atom. The van der Waals surface area contributed by atoms with Crippen molar-refractivity contribution in [1.29, 1.82) is 5.26 Å². The molecule has 0 saturated heterocycles. The minimum atomic E-state index is 0.192. The summed E-state index contributed by atoms with van der Waals surface area (Å²) in [5, 5.41) is 8.91. The summed E-state index contributed by atoms with van der Waals surface area (Å²) in [5.74, 6) is 0.906. The molecule has 19 heavy (non-hydrogen) atoms. The third-order valence-electron chi connectivity index (χ3n) is 2.73. The summed E-state index contributed by atoms with van der Waals surface area (Å²) < 4.78 is 5.56. The Labute approximate surface area is 112 Å². The van der Waals surface area contributed by atoms with Crippen LogP contribution in [0.5, 0.6) is 11.6 Å². The quantitative estimate of drug-likeness (QED) is 0.818. The zero-order valence-corrected chi connectivity index (χ0v) is 10.8. The molecule has 4 heteroatoms. The van der Waals surface area contributed by atoms with Crippen molar-refractivity contribution in [3.8, 4) is 17.7 Å². The van der Waals surface area contributed by atoms with Crippen LogP contribution in [0.15, 0.2) is 36.7 Å². The number of nitriles is 1. The molecule has 2 aromatic rings. The smallest absolute Gasteiger partial charge is 0.256 e. The maximum Gasteiger partial charge on any atom is 0.256 e. The van der Waals surface area contributed by atoms with E-state index in [0.29, 0.717) is 5.75 Å². The Balaban J connectivity index is 2.09. The van der Waals surface area contributed by atoms with Gasteiger partial charge in [0.2, 0.25) is 5.69 Å². The molecule has 4 nitrogen and oxygen atoms in total. The maximum absolute atomic E-state index is 8.91. The lowest BCUT2D eigenvalue weighted by Crippen LogP contribution is -1.94. The zero-order chi connectivity index (χ0) is 13.5. The summed E-state index contributed by atoms with van der Waals surface area (Å²) in [4.78, 5) is 7.91. The van der Waals surface area contributed by atoms with Gasteiger partial charge in [0.05, 0.1) is 0 Å². The standard InChI is InChI=1S/C15H15N3O/c1-2-3-4-12-5-7-13(8-6-12)19-15-14(11-16)17-9-10-18-15/h5-10H,2-4H2,1H3. The zero-order valence-electron chi connectivity index (χ0n) is 10.8. The van der Waals surface area contributed by atoms with Crippen LogP contribution < -0.4 is 4.74 Å². The van der Waals surface area contributed by atoms with Gasteiger partial charge in [0, 0.05) is 12.4 Å². The van der Waals surface area contributed by atoms with E-state index >= 15 is 0 Å². The summed E-state index contributed by atoms with van der Waals surface area (Å²) in [5.41, 5.74) is 1.48. The van der Waals surface area contributed by atoms with Crippen LogP contribution in [0.3, 0.4) is 0 Å². The van der Waals surface area contributed by atoms with Crippen molar-refractivity contribution in [2.24, 2.45) is 0 Å². The minimum absolute atomic E-state index is 0.192. The van der Waals surface area contributed by atoms with E-state index in [9.17, 15) is 0 Å². The number of ether oxygens (including phenoxy) is 1. The van der Waals surface area contributed by atoms with Crippen molar-refractivity contribution in [2.75, 3.05) is 0 Å². The number of benzene rings is 1. The molecule has 0 bridgehead atoms. The summed E-state index contributed by atoms with van der Waals surface area (Å²) in [6.07, 6.45) is 6.42. The van der Waals surface area contributed by atoms with Crippen LogP contribution in [0.4, 0.5) is 0 Å². The molecule has 0 saturated carbocycles. The van der Waals surface area contributed by atoms with Crippen molar-refractivity contribution in [1.82, 2.24) is 9.97 Å². The van der Waals surface area contributed by atoms with Gasteiger partial charge in [0.1, 0.15) is 11.8 Å². The first-order valence-electron chi connectivity index (χ1n) is 6.31. The first-order chi connectivity index (χ1) is 9.33. The largest absolute Gasteiger partial charge is 0.437 e. The summed E-state index contributed by atoms with van der Waals surface area (Å²) in [7, 11) is 0. The Morgan fingerprint density at radius 1 is 1.16 bits per heavy atom. The fraction of sp³-hybridized carbons (Fsp3) is 0.267. The van der Waals surface area contributed by atoms with Gasteiger partial charge in [0.15, 0.2) is 0 Å². The molecule has 0 fully saturated rings. The van der Waals surface area contributed by atoms with Crippen molar-refractivity contribution in [2.45, 2.75) is 26.2 Å². The van der Waals surface area contributed by atoms with Crippen LogP contribution in [0.1, 0.15) is 31.0 Å². The van der Waals surface area contributed by atoms with E-state index in [0.717, 1.165) is 6.42 Å². The molecule has 0 atom stereocenters. The molecule has 0 unspecified atom stereocenters. The molecule has 0 radical (unpaired) electrons. The molecule has 1 aromatic carbocycles. The predicted octanol–water partition coefficient (Wildman–Crippen LogP) is 3.48. The highest BCUT2D eigenvalue weighted by atomic mass is 16.5. The molecule has 1 heterocycles. The molecule has 0 N–H and O–H groups in total. The van der Waals surface area contributed by atoms with Gasteiger partial charge >= 0.3 is 0 Å². The molecule has 1 aromatic heterocycles. The number of aromatic nitrogens is 2. The molecule has 0 amide bonds. The van der Waals surface area contributed by atoms with Gasteiger partial charge in [-0.05, 0) is 30.5 Å². The van der Waals surface area contributed by atoms with E-state index < -0.39 is 0 Å². The first kappa shape index (κ1) is 13.0. The van der Waals surface area contributed by atoms with E-state index in [1.54, 1.807) is 0 Å². The molecule has 96 valence electrons. The third kappa shape index (κ3) is 3.52. The van der Waals surface area contributed by atoms with Gasteiger partial charge in [-0.3, -0.25) is 0 Å². The molecule has 2 rings (SSSR count). The summed E-state index contributed by atoms with van der Waals surface area (Å²) in [6.45, 7) is 2.18. The Morgan fingerprint density at radius 3 is 2.58 bits per heavy atom. The van der Waals surface area contributed by atoms with Crippen molar-refractivity contribution in [3.63, 3.8) is 0 Å². The van der Waals surface area contributed by atoms with Crippen LogP contribution in [0, 0.1) is 11.3 Å². The van der Waals surface area contributed by atoms with E-state index in [1.807, 2.05) is 30.3 Å². The van der Waals surface area contributed by atoms with Gasteiger partial charge in [0.25, 0.3) is 5.88 Å². The summed E-state index contributed by atoms with van der Waals surface area (Å²) >= 11 is 0. The van der Waals surface area contributed by atoms with Gasteiger partial charge in [-0.1, -0.05) is 25.5 Å². The Kier molecular flexibility index (Phi) is 4.46. The second-order valence-corrected chi connectivity index (χ2v) is 4.17. The molecule has 0 aliphatic carbocycles. The molecule has 0 aliphatic rings. The van der Waals surface area contributed by atoms with Gasteiger partial charge in [-0.2, -0.15) is 5.26 Å². The van der Waals surface area contributed by atoms with Crippen LogP contribution in [0.25, 0.3) is 0 Å². The average molecular weight is 253 g/mol. The third-order valence-corrected chi connectivity index (χ3v) is 2.73. The van der Waals surface area contributed by atoms with Gasteiger partial charge in [-0.15, -0.1) is 0 Å². The number of hydrogen-bond acceptors (Lipinski definition) is 4. The van der Waals surface area contributed by atoms with Gasteiger partial charge < -0.3 is 4.74 Å². The first-order valence-corrected chi connectivity index (χ1v) is 6.31. The minimum Gasteiger partial charge on any atom is -0.437 e. The number of rotatable bonds is 5. The van der Waals surface area contributed by atoms with E-state index in [4.69, 9.17) is 10.00 Å². The predicted molar refractivity (Wildman–Crippen MR) is 71.9 cm³/mol. The second-order valence-electron chi connectivity index (χ2n) is 4.17. The van der Waals surface area contributed by atoms with Crippen LogP contribution in [-0.4, -0.2) is 9.97 Å².